The lowest BCUT2D eigenvalue weighted by molar-refractivity contribution is -0.144. The second-order valence-corrected chi connectivity index (χ2v) is 9.93. The Morgan fingerprint density at radius 1 is 1.12 bits per heavy atom. The van der Waals surface area contributed by atoms with Crippen molar-refractivity contribution in [1.82, 2.24) is 9.29 Å². The monoisotopic (exact) mass is 494 g/mol. The predicted octanol–water partition coefficient (Wildman–Crippen LogP) is 3.46. The lowest BCUT2D eigenvalue weighted by Gasteiger charge is -2.22. The molecule has 2 aromatic carbocycles. The number of sulfonamides is 1. The number of benzene rings is 2. The number of aromatic nitrogens is 1. The van der Waals surface area contributed by atoms with E-state index < -0.39 is 39.3 Å². The molecule has 0 radical (unpaired) electrons. The van der Waals surface area contributed by atoms with Gasteiger partial charge in [-0.15, -0.1) is 0 Å². The molecule has 34 heavy (non-hydrogen) atoms. The minimum Gasteiger partial charge on any atom is -0.468 e. The van der Waals surface area contributed by atoms with E-state index >= 15 is 0 Å². The van der Waals surface area contributed by atoms with Gasteiger partial charge >= 0.3 is 12.1 Å². The molecule has 1 fully saturated rings. The second kappa shape index (κ2) is 8.88. The first-order chi connectivity index (χ1) is 16.0. The molecule has 1 atom stereocenters. The molecule has 1 saturated heterocycles. The first-order valence-electron chi connectivity index (χ1n) is 10.4. The molecule has 180 valence electrons. The third-order valence-electron chi connectivity index (χ3n) is 5.83. The number of aromatic amines is 1. The van der Waals surface area contributed by atoms with Crippen molar-refractivity contribution in [3.05, 3.63) is 75.6 Å². The minimum atomic E-state index is -4.68. The van der Waals surface area contributed by atoms with Crippen LogP contribution in [0.3, 0.4) is 0 Å². The molecule has 0 spiro atoms. The smallest absolute Gasteiger partial charge is 0.417 e. The number of halogens is 3. The molecule has 1 aromatic heterocycles. The fourth-order valence-electron chi connectivity index (χ4n) is 4.20. The molecular weight excluding hydrogens is 473 g/mol. The molecular formula is C23H21F3N2O5S. The fraction of sp³-hybridized carbons (Fsp3) is 0.304. The van der Waals surface area contributed by atoms with Crippen molar-refractivity contribution in [1.29, 1.82) is 0 Å². The minimum absolute atomic E-state index is 0.0162. The van der Waals surface area contributed by atoms with E-state index in [4.69, 9.17) is 4.74 Å². The van der Waals surface area contributed by atoms with Gasteiger partial charge in [0, 0.05) is 23.5 Å². The number of esters is 1. The van der Waals surface area contributed by atoms with E-state index in [-0.39, 0.29) is 28.8 Å². The average molecular weight is 494 g/mol. The summed E-state index contributed by atoms with van der Waals surface area (Å²) in [6, 6.07) is 10.1. The van der Waals surface area contributed by atoms with Crippen LogP contribution in [0.1, 0.15) is 29.5 Å². The van der Waals surface area contributed by atoms with E-state index in [1.54, 1.807) is 18.2 Å². The number of carbonyl (C=O) groups is 1. The highest BCUT2D eigenvalue weighted by atomic mass is 32.2. The SMILES string of the molecule is COC(=O)C1CCCN1S(=O)(=O)c1ccc(Cc2ccc3[nH]c(=O)cc(C(F)(F)F)c3c2)cc1. The van der Waals surface area contributed by atoms with Crippen LogP contribution in [0.2, 0.25) is 0 Å². The number of alkyl halides is 3. The van der Waals surface area contributed by atoms with E-state index in [1.165, 1.54) is 31.4 Å². The van der Waals surface area contributed by atoms with E-state index in [0.717, 1.165) is 4.31 Å². The predicted molar refractivity (Wildman–Crippen MR) is 118 cm³/mol. The van der Waals surface area contributed by atoms with Gasteiger partial charge in [0.2, 0.25) is 15.6 Å². The van der Waals surface area contributed by atoms with Crippen LogP contribution in [0.5, 0.6) is 0 Å². The molecule has 11 heteroatoms. The standard InChI is InChI=1S/C23H21F3N2O5S/c1-33-22(30)20-3-2-10-28(20)34(31,32)16-7-4-14(5-8-16)11-15-6-9-19-17(12-15)18(23(24,25)26)13-21(29)27-19/h4-9,12-13,20H,2-3,10-11H2,1H3,(H,27,29). The quantitative estimate of drug-likeness (QED) is 0.548. The zero-order chi connectivity index (χ0) is 24.7. The van der Waals surface area contributed by atoms with Gasteiger partial charge in [-0.1, -0.05) is 18.2 Å². The molecule has 0 saturated carbocycles. The maximum atomic E-state index is 13.4. The van der Waals surface area contributed by atoms with Gasteiger partial charge in [0.25, 0.3) is 0 Å². The van der Waals surface area contributed by atoms with Crippen LogP contribution in [0.15, 0.2) is 58.2 Å². The van der Waals surface area contributed by atoms with Crippen LogP contribution in [0, 0.1) is 0 Å². The number of ether oxygens (including phenoxy) is 1. The second-order valence-electron chi connectivity index (χ2n) is 8.04. The lowest BCUT2D eigenvalue weighted by Crippen LogP contribution is -2.41. The zero-order valence-electron chi connectivity index (χ0n) is 18.1. The first-order valence-corrected chi connectivity index (χ1v) is 11.9. The highest BCUT2D eigenvalue weighted by Gasteiger charge is 2.40. The van der Waals surface area contributed by atoms with Gasteiger partial charge in [-0.25, -0.2) is 8.42 Å². The Bertz CT molecular complexity index is 1400. The third kappa shape index (κ3) is 4.58. The number of pyridine rings is 1. The summed E-state index contributed by atoms with van der Waals surface area (Å²) in [7, 11) is -2.70. The summed E-state index contributed by atoms with van der Waals surface area (Å²) in [5, 5.41) is -0.119. The number of fused-ring (bicyclic) bond motifs is 1. The number of nitrogens with zero attached hydrogens (tertiary/aromatic N) is 1. The lowest BCUT2D eigenvalue weighted by atomic mass is 10.0. The van der Waals surface area contributed by atoms with Crippen molar-refractivity contribution >= 4 is 26.9 Å². The van der Waals surface area contributed by atoms with Crippen LogP contribution in [-0.2, 0) is 32.2 Å². The molecule has 7 nitrogen and oxygen atoms in total. The van der Waals surface area contributed by atoms with Gasteiger partial charge < -0.3 is 9.72 Å². The number of hydrogen-bond acceptors (Lipinski definition) is 5. The molecule has 0 aliphatic carbocycles. The summed E-state index contributed by atoms with van der Waals surface area (Å²) in [6.07, 6.45) is -3.50. The normalized spacial score (nSPS) is 17.2. The topological polar surface area (TPSA) is 96.5 Å². The molecule has 3 aromatic rings. The van der Waals surface area contributed by atoms with E-state index in [2.05, 4.69) is 4.98 Å². The Morgan fingerprint density at radius 2 is 1.79 bits per heavy atom. The number of nitrogens with one attached hydrogen (secondary N) is 1. The van der Waals surface area contributed by atoms with Gasteiger partial charge in [0.15, 0.2) is 0 Å². The summed E-state index contributed by atoms with van der Waals surface area (Å²) in [6.45, 7) is 0.213. The Hall–Kier alpha value is -3.18. The largest absolute Gasteiger partial charge is 0.468 e. The van der Waals surface area contributed by atoms with Gasteiger partial charge in [0.1, 0.15) is 6.04 Å². The van der Waals surface area contributed by atoms with Crippen LogP contribution >= 0.6 is 0 Å². The van der Waals surface area contributed by atoms with E-state index in [0.29, 0.717) is 30.0 Å². The number of hydrogen-bond donors (Lipinski definition) is 1. The van der Waals surface area contributed by atoms with E-state index in [1.807, 2.05) is 0 Å². The van der Waals surface area contributed by atoms with Crippen LogP contribution in [0.4, 0.5) is 13.2 Å². The Labute approximate surface area is 193 Å². The fourth-order valence-corrected chi connectivity index (χ4v) is 5.84. The number of rotatable bonds is 5. The van der Waals surface area contributed by atoms with Gasteiger partial charge in [-0.05, 0) is 54.7 Å². The third-order valence-corrected chi connectivity index (χ3v) is 7.75. The Morgan fingerprint density at radius 3 is 2.44 bits per heavy atom. The van der Waals surface area contributed by atoms with Crippen molar-refractivity contribution in [2.24, 2.45) is 0 Å². The molecule has 4 rings (SSSR count). The highest BCUT2D eigenvalue weighted by molar-refractivity contribution is 7.89. The van der Waals surface area contributed by atoms with Gasteiger partial charge in [-0.3, -0.25) is 9.59 Å². The summed E-state index contributed by atoms with van der Waals surface area (Å²) in [4.78, 5) is 25.9. The number of H-pyrrole nitrogens is 1. The molecule has 1 aliphatic heterocycles. The van der Waals surface area contributed by atoms with E-state index in [9.17, 15) is 31.2 Å². The Balaban J connectivity index is 1.60. The van der Waals surface area contributed by atoms with Gasteiger partial charge in [-0.2, -0.15) is 17.5 Å². The van der Waals surface area contributed by atoms with Crippen molar-refractivity contribution in [2.45, 2.75) is 36.4 Å². The molecule has 2 heterocycles. The molecule has 1 aliphatic rings. The Kier molecular flexibility index (Phi) is 6.26. The van der Waals surface area contributed by atoms with Crippen LogP contribution in [0.25, 0.3) is 10.9 Å². The van der Waals surface area contributed by atoms with Crippen molar-refractivity contribution < 1.29 is 31.1 Å². The van der Waals surface area contributed by atoms with Crippen molar-refractivity contribution in [3.8, 4) is 0 Å². The van der Waals surface area contributed by atoms with Gasteiger partial charge in [0.05, 0.1) is 17.6 Å². The average Bonchev–Trinajstić information content (AvgIpc) is 3.29. The number of methoxy groups -OCH3 is 1. The number of carbonyl (C=O) groups excluding carboxylic acids is 1. The first kappa shape index (κ1) is 24.0. The molecule has 0 bridgehead atoms. The molecule has 1 unspecified atom stereocenters. The van der Waals surface area contributed by atoms with Crippen LogP contribution < -0.4 is 5.56 Å². The summed E-state index contributed by atoms with van der Waals surface area (Å²) in [5.74, 6) is -0.603. The van der Waals surface area contributed by atoms with Crippen molar-refractivity contribution in [3.63, 3.8) is 0 Å². The molecule has 1 N–H and O–H groups in total. The zero-order valence-corrected chi connectivity index (χ0v) is 18.9. The maximum absolute atomic E-state index is 13.4. The summed E-state index contributed by atoms with van der Waals surface area (Å²) < 4.78 is 72.1. The maximum Gasteiger partial charge on any atom is 0.417 e. The van der Waals surface area contributed by atoms with Crippen LogP contribution in [-0.4, -0.2) is 43.4 Å². The molecule has 0 amide bonds. The van der Waals surface area contributed by atoms with Crippen molar-refractivity contribution in [2.75, 3.05) is 13.7 Å². The summed E-state index contributed by atoms with van der Waals surface area (Å²) >= 11 is 0. The summed E-state index contributed by atoms with van der Waals surface area (Å²) in [5.41, 5.74) is -0.527. The highest BCUT2D eigenvalue weighted by Crippen LogP contribution is 2.34.